The summed E-state index contributed by atoms with van der Waals surface area (Å²) in [6, 6.07) is 18.1. The Kier molecular flexibility index (Phi) is 5.91. The van der Waals surface area contributed by atoms with Gasteiger partial charge in [-0.1, -0.05) is 47.5 Å². The van der Waals surface area contributed by atoms with Crippen molar-refractivity contribution in [3.63, 3.8) is 0 Å². The van der Waals surface area contributed by atoms with Crippen LogP contribution in [0.2, 0.25) is 5.02 Å². The highest BCUT2D eigenvalue weighted by molar-refractivity contribution is 7.84. The number of aryl methyl sites for hydroxylation is 1. The molecule has 0 aliphatic heterocycles. The first kappa shape index (κ1) is 18.4. The summed E-state index contributed by atoms with van der Waals surface area (Å²) >= 11 is 6.07. The first-order chi connectivity index (χ1) is 12.5. The fraction of sp³-hybridized carbons (Fsp3) is 0.150. The number of carbonyl (C=O) groups excluding carboxylic acids is 1. The molecule has 26 heavy (non-hydrogen) atoms. The summed E-state index contributed by atoms with van der Waals surface area (Å²) in [5.41, 5.74) is 1.94. The second-order valence-electron chi connectivity index (χ2n) is 5.84. The summed E-state index contributed by atoms with van der Waals surface area (Å²) in [6.45, 7) is 2.29. The van der Waals surface area contributed by atoms with Crippen LogP contribution < -0.4 is 5.32 Å². The van der Waals surface area contributed by atoms with Gasteiger partial charge in [-0.2, -0.15) is 0 Å². The zero-order valence-electron chi connectivity index (χ0n) is 14.2. The highest BCUT2D eigenvalue weighted by Gasteiger charge is 2.14. The van der Waals surface area contributed by atoms with Crippen molar-refractivity contribution in [2.45, 2.75) is 24.1 Å². The summed E-state index contributed by atoms with van der Waals surface area (Å²) in [4.78, 5) is 12.9. The minimum Gasteiger partial charge on any atom is -0.455 e. The van der Waals surface area contributed by atoms with Crippen molar-refractivity contribution in [3.05, 3.63) is 88.3 Å². The van der Waals surface area contributed by atoms with E-state index >= 15 is 0 Å². The van der Waals surface area contributed by atoms with Crippen LogP contribution in [0.4, 0.5) is 0 Å². The fourth-order valence-corrected chi connectivity index (χ4v) is 3.61. The third-order valence-corrected chi connectivity index (χ3v) is 5.55. The van der Waals surface area contributed by atoms with Gasteiger partial charge in [0.05, 0.1) is 16.6 Å². The lowest BCUT2D eigenvalue weighted by atomic mass is 10.2. The maximum atomic E-state index is 12.4. The lowest BCUT2D eigenvalue weighted by Gasteiger charge is -2.05. The summed E-state index contributed by atoms with van der Waals surface area (Å²) in [5, 5.41) is 3.37. The van der Waals surface area contributed by atoms with Gasteiger partial charge < -0.3 is 9.73 Å². The summed E-state index contributed by atoms with van der Waals surface area (Å²) in [5.74, 6) is 0.581. The highest BCUT2D eigenvalue weighted by Crippen LogP contribution is 2.17. The number of carbonyl (C=O) groups is 1. The summed E-state index contributed by atoms with van der Waals surface area (Å²) < 4.78 is 17.9. The normalized spacial score (nSPS) is 11.9. The lowest BCUT2D eigenvalue weighted by Crippen LogP contribution is -2.22. The zero-order valence-corrected chi connectivity index (χ0v) is 15.8. The SMILES string of the molecule is Cc1ccc(S(=O)Cc2ccc(C(=O)NCc3ccccc3Cl)o2)cc1. The van der Waals surface area contributed by atoms with E-state index in [1.54, 1.807) is 18.2 Å². The molecule has 4 nitrogen and oxygen atoms in total. The van der Waals surface area contributed by atoms with E-state index in [4.69, 9.17) is 16.0 Å². The molecule has 2 aromatic carbocycles. The van der Waals surface area contributed by atoms with Crippen molar-refractivity contribution >= 4 is 28.3 Å². The molecule has 3 aromatic rings. The third kappa shape index (κ3) is 4.62. The number of benzene rings is 2. The first-order valence-corrected chi connectivity index (χ1v) is 9.78. The number of halogens is 1. The van der Waals surface area contributed by atoms with Crippen LogP contribution in [0.5, 0.6) is 0 Å². The standard InChI is InChI=1S/C20H18ClNO3S/c1-14-6-9-17(10-7-14)26(24)13-16-8-11-19(25-16)20(23)22-12-15-4-2-3-5-18(15)21/h2-11H,12-13H2,1H3,(H,22,23). The Labute approximate surface area is 159 Å². The minimum absolute atomic E-state index is 0.188. The molecular weight excluding hydrogens is 370 g/mol. The van der Waals surface area contributed by atoms with Gasteiger partial charge in [-0.25, -0.2) is 0 Å². The molecule has 6 heteroatoms. The maximum absolute atomic E-state index is 12.4. The maximum Gasteiger partial charge on any atom is 0.287 e. The molecule has 1 aromatic heterocycles. The van der Waals surface area contributed by atoms with E-state index in [0.29, 0.717) is 17.3 Å². The first-order valence-electron chi connectivity index (χ1n) is 8.08. The molecule has 0 spiro atoms. The van der Waals surface area contributed by atoms with Gasteiger partial charge in [0.25, 0.3) is 5.91 Å². The lowest BCUT2D eigenvalue weighted by molar-refractivity contribution is 0.0921. The van der Waals surface area contributed by atoms with Crippen molar-refractivity contribution in [2.24, 2.45) is 0 Å². The van der Waals surface area contributed by atoms with Gasteiger partial charge in [0.15, 0.2) is 5.76 Å². The molecule has 3 rings (SSSR count). The molecule has 0 saturated carbocycles. The average molecular weight is 388 g/mol. The van der Waals surface area contributed by atoms with Gasteiger partial charge in [0, 0.05) is 16.5 Å². The van der Waals surface area contributed by atoms with Crippen LogP contribution in [0, 0.1) is 6.92 Å². The van der Waals surface area contributed by atoms with E-state index in [0.717, 1.165) is 16.0 Å². The number of rotatable bonds is 6. The molecule has 0 fully saturated rings. The molecule has 0 bridgehead atoms. The fourth-order valence-electron chi connectivity index (χ4n) is 2.38. The number of amides is 1. The van der Waals surface area contributed by atoms with Crippen molar-refractivity contribution in [1.82, 2.24) is 5.32 Å². The molecule has 0 aliphatic rings. The van der Waals surface area contributed by atoms with Gasteiger partial charge in [-0.05, 0) is 42.8 Å². The third-order valence-electron chi connectivity index (χ3n) is 3.84. The second-order valence-corrected chi connectivity index (χ2v) is 7.70. The minimum atomic E-state index is -1.22. The molecule has 0 aliphatic carbocycles. The van der Waals surface area contributed by atoms with E-state index in [-0.39, 0.29) is 17.4 Å². The van der Waals surface area contributed by atoms with Crippen molar-refractivity contribution < 1.29 is 13.4 Å². The molecule has 0 radical (unpaired) electrons. The van der Waals surface area contributed by atoms with Crippen LogP contribution in [0.3, 0.4) is 0 Å². The Hall–Kier alpha value is -2.37. The summed E-state index contributed by atoms with van der Waals surface area (Å²) in [7, 11) is -1.22. The van der Waals surface area contributed by atoms with Gasteiger partial charge in [0.2, 0.25) is 0 Å². The monoisotopic (exact) mass is 387 g/mol. The quantitative estimate of drug-likeness (QED) is 0.678. The van der Waals surface area contributed by atoms with E-state index < -0.39 is 10.8 Å². The van der Waals surface area contributed by atoms with Gasteiger partial charge in [-0.3, -0.25) is 9.00 Å². The van der Waals surface area contributed by atoms with Gasteiger partial charge in [-0.15, -0.1) is 0 Å². The second kappa shape index (κ2) is 8.34. The largest absolute Gasteiger partial charge is 0.455 e. The van der Waals surface area contributed by atoms with Gasteiger partial charge >= 0.3 is 0 Å². The smallest absolute Gasteiger partial charge is 0.287 e. The van der Waals surface area contributed by atoms with Crippen LogP contribution >= 0.6 is 11.6 Å². The van der Waals surface area contributed by atoms with E-state index in [1.807, 2.05) is 49.4 Å². The Bertz CT molecular complexity index is 934. The van der Waals surface area contributed by atoms with Crippen LogP contribution in [-0.4, -0.2) is 10.1 Å². The van der Waals surface area contributed by atoms with E-state index in [2.05, 4.69) is 5.32 Å². The number of hydrogen-bond acceptors (Lipinski definition) is 3. The number of furan rings is 1. The molecule has 1 unspecified atom stereocenters. The van der Waals surface area contributed by atoms with E-state index in [9.17, 15) is 9.00 Å². The number of nitrogens with one attached hydrogen (secondary N) is 1. The zero-order chi connectivity index (χ0) is 18.5. The highest BCUT2D eigenvalue weighted by atomic mass is 35.5. The van der Waals surface area contributed by atoms with Gasteiger partial charge in [0.1, 0.15) is 5.76 Å². The van der Waals surface area contributed by atoms with Crippen LogP contribution in [0.1, 0.15) is 27.4 Å². The predicted octanol–water partition coefficient (Wildman–Crippen LogP) is 4.48. The Morgan fingerprint density at radius 1 is 1.08 bits per heavy atom. The van der Waals surface area contributed by atoms with Crippen LogP contribution in [0.25, 0.3) is 0 Å². The van der Waals surface area contributed by atoms with Crippen molar-refractivity contribution in [3.8, 4) is 0 Å². The molecule has 1 heterocycles. The predicted molar refractivity (Wildman–Crippen MR) is 103 cm³/mol. The van der Waals surface area contributed by atoms with Crippen molar-refractivity contribution in [1.29, 1.82) is 0 Å². The molecular formula is C20H18ClNO3S. The number of hydrogen-bond donors (Lipinski definition) is 1. The Morgan fingerprint density at radius 2 is 1.81 bits per heavy atom. The summed E-state index contributed by atoms with van der Waals surface area (Å²) in [6.07, 6.45) is 0. The van der Waals surface area contributed by atoms with Crippen molar-refractivity contribution in [2.75, 3.05) is 0 Å². The van der Waals surface area contributed by atoms with E-state index in [1.165, 1.54) is 0 Å². The molecule has 1 amide bonds. The molecule has 0 saturated heterocycles. The molecule has 1 N–H and O–H groups in total. The topological polar surface area (TPSA) is 59.3 Å². The Balaban J connectivity index is 1.60. The molecule has 134 valence electrons. The molecule has 1 atom stereocenters. The Morgan fingerprint density at radius 3 is 2.54 bits per heavy atom. The average Bonchev–Trinajstić information content (AvgIpc) is 3.10. The van der Waals surface area contributed by atoms with Crippen LogP contribution in [-0.2, 0) is 23.1 Å². The van der Waals surface area contributed by atoms with Crippen LogP contribution in [0.15, 0.2) is 70.0 Å².